The predicted octanol–water partition coefficient (Wildman–Crippen LogP) is 5.37. The van der Waals surface area contributed by atoms with Crippen molar-refractivity contribution in [1.82, 2.24) is 14.6 Å². The molecule has 0 atom stereocenters. The molecular weight excluding hydrogens is 380 g/mol. The van der Waals surface area contributed by atoms with Crippen molar-refractivity contribution in [2.45, 2.75) is 50.4 Å². The van der Waals surface area contributed by atoms with Crippen LogP contribution in [0, 0.1) is 6.92 Å². The number of aryl methyl sites for hydroxylation is 1. The lowest BCUT2D eigenvalue weighted by atomic mass is 10.1. The lowest BCUT2D eigenvalue weighted by molar-refractivity contribution is 0.304. The van der Waals surface area contributed by atoms with E-state index < -0.39 is 0 Å². The summed E-state index contributed by atoms with van der Waals surface area (Å²) in [5, 5.41) is 10.1. The smallest absolute Gasteiger partial charge is 0.239 e. The summed E-state index contributed by atoms with van der Waals surface area (Å²) in [4.78, 5) is 0. The number of nitrogens with zero attached hydrogens (tertiary/aromatic N) is 3. The van der Waals surface area contributed by atoms with Crippen LogP contribution in [0.15, 0.2) is 30.5 Å². The number of hydrogen-bond donors (Lipinski definition) is 1. The average molecular weight is 401 g/mol. The van der Waals surface area contributed by atoms with Crippen molar-refractivity contribution >= 4 is 35.1 Å². The van der Waals surface area contributed by atoms with Gasteiger partial charge in [0.15, 0.2) is 5.65 Å². The number of fused-ring (bicyclic) bond motifs is 1. The standard InChI is InChI=1S/C20H21ClN4OS/c1-12-6-15(21)9-16(7-12)26-11-14-8-19-22-23-20(24-27-17-4-5-17)25(19)10-18(14)13-2-3-13/h6-10,13,17H,2-5,11H2,1H3,(H,23,24). The van der Waals surface area contributed by atoms with E-state index in [9.17, 15) is 0 Å². The first kappa shape index (κ1) is 17.2. The van der Waals surface area contributed by atoms with Crippen molar-refractivity contribution in [3.05, 3.63) is 52.2 Å². The van der Waals surface area contributed by atoms with Gasteiger partial charge in [-0.2, -0.15) is 0 Å². The molecule has 5 rings (SSSR count). The van der Waals surface area contributed by atoms with Gasteiger partial charge in [-0.3, -0.25) is 9.12 Å². The van der Waals surface area contributed by atoms with Crippen LogP contribution in [0.2, 0.25) is 5.02 Å². The second-order valence-corrected chi connectivity index (χ2v) is 9.00. The fourth-order valence-electron chi connectivity index (χ4n) is 3.22. The third-order valence-corrected chi connectivity index (χ3v) is 6.26. The van der Waals surface area contributed by atoms with Gasteiger partial charge in [-0.25, -0.2) is 0 Å². The molecule has 2 aliphatic carbocycles. The molecule has 2 fully saturated rings. The average Bonchev–Trinajstić information content (AvgIpc) is 3.55. The molecule has 5 nitrogen and oxygen atoms in total. The summed E-state index contributed by atoms with van der Waals surface area (Å²) in [5.74, 6) is 2.22. The van der Waals surface area contributed by atoms with Crippen LogP contribution in [0.5, 0.6) is 5.75 Å². The highest BCUT2D eigenvalue weighted by atomic mass is 35.5. The number of aromatic nitrogens is 3. The van der Waals surface area contributed by atoms with Gasteiger partial charge in [0.05, 0.1) is 0 Å². The van der Waals surface area contributed by atoms with Crippen molar-refractivity contribution in [2.75, 3.05) is 4.72 Å². The first-order chi connectivity index (χ1) is 13.2. The van der Waals surface area contributed by atoms with Gasteiger partial charge in [0.25, 0.3) is 0 Å². The highest BCUT2D eigenvalue weighted by molar-refractivity contribution is 8.01. The van der Waals surface area contributed by atoms with Gasteiger partial charge >= 0.3 is 0 Å². The van der Waals surface area contributed by atoms with Gasteiger partial charge in [-0.15, -0.1) is 10.2 Å². The molecule has 2 aromatic heterocycles. The first-order valence-corrected chi connectivity index (χ1v) is 10.6. The van der Waals surface area contributed by atoms with Crippen LogP contribution in [0.25, 0.3) is 5.65 Å². The van der Waals surface area contributed by atoms with Gasteiger partial charge in [0.2, 0.25) is 5.95 Å². The molecule has 2 heterocycles. The van der Waals surface area contributed by atoms with Crippen molar-refractivity contribution in [3.8, 4) is 5.75 Å². The molecule has 0 amide bonds. The maximum absolute atomic E-state index is 6.15. The number of halogens is 1. The van der Waals surface area contributed by atoms with E-state index >= 15 is 0 Å². The van der Waals surface area contributed by atoms with E-state index in [1.165, 1.54) is 36.8 Å². The van der Waals surface area contributed by atoms with Crippen LogP contribution in [-0.2, 0) is 6.61 Å². The summed E-state index contributed by atoms with van der Waals surface area (Å²) >= 11 is 7.90. The second kappa shape index (κ2) is 6.91. The van der Waals surface area contributed by atoms with Crippen molar-refractivity contribution in [3.63, 3.8) is 0 Å². The third-order valence-electron chi connectivity index (χ3n) is 4.93. The molecule has 0 saturated heterocycles. The first-order valence-electron chi connectivity index (χ1n) is 9.35. The molecule has 7 heteroatoms. The van der Waals surface area contributed by atoms with Crippen LogP contribution in [0.4, 0.5) is 5.95 Å². The van der Waals surface area contributed by atoms with Gasteiger partial charge in [-0.05, 0) is 91.4 Å². The normalized spacial score (nSPS) is 16.7. The fourth-order valence-corrected chi connectivity index (χ4v) is 4.28. The summed E-state index contributed by atoms with van der Waals surface area (Å²) in [7, 11) is 0. The Labute approximate surface area is 167 Å². The van der Waals surface area contributed by atoms with E-state index in [1.807, 2.05) is 25.1 Å². The van der Waals surface area contributed by atoms with E-state index in [1.54, 1.807) is 11.9 Å². The zero-order valence-corrected chi connectivity index (χ0v) is 16.7. The minimum Gasteiger partial charge on any atom is -0.489 e. The lowest BCUT2D eigenvalue weighted by Crippen LogP contribution is -2.03. The summed E-state index contributed by atoms with van der Waals surface area (Å²) in [6.07, 6.45) is 7.22. The Morgan fingerprint density at radius 2 is 2.04 bits per heavy atom. The highest BCUT2D eigenvalue weighted by Gasteiger charge is 2.28. The number of ether oxygens (including phenoxy) is 1. The van der Waals surface area contributed by atoms with Gasteiger partial charge < -0.3 is 4.74 Å². The quantitative estimate of drug-likeness (QED) is 0.540. The van der Waals surface area contributed by atoms with Crippen LogP contribution in [-0.4, -0.2) is 19.8 Å². The summed E-state index contributed by atoms with van der Waals surface area (Å²) < 4.78 is 11.5. The topological polar surface area (TPSA) is 51.5 Å². The Morgan fingerprint density at radius 1 is 1.19 bits per heavy atom. The van der Waals surface area contributed by atoms with E-state index in [0.717, 1.165) is 22.9 Å². The molecule has 2 aliphatic rings. The molecule has 2 saturated carbocycles. The SMILES string of the molecule is Cc1cc(Cl)cc(OCc2cc3nnc(NSC4CC4)n3cc2C2CC2)c1. The molecule has 0 bridgehead atoms. The molecule has 1 aromatic carbocycles. The van der Waals surface area contributed by atoms with Crippen molar-refractivity contribution < 1.29 is 4.74 Å². The molecule has 0 spiro atoms. The van der Waals surface area contributed by atoms with Crippen molar-refractivity contribution in [1.29, 1.82) is 0 Å². The van der Waals surface area contributed by atoms with Crippen LogP contribution in [0.1, 0.15) is 48.3 Å². The summed E-state index contributed by atoms with van der Waals surface area (Å²) in [6.45, 7) is 2.53. The van der Waals surface area contributed by atoms with Crippen LogP contribution < -0.4 is 9.46 Å². The Morgan fingerprint density at radius 3 is 2.78 bits per heavy atom. The third kappa shape index (κ3) is 3.87. The molecule has 140 valence electrons. The summed E-state index contributed by atoms with van der Waals surface area (Å²) in [5.41, 5.74) is 4.45. The van der Waals surface area contributed by atoms with Crippen LogP contribution in [0.3, 0.4) is 0 Å². The number of nitrogens with one attached hydrogen (secondary N) is 1. The fraction of sp³-hybridized carbons (Fsp3) is 0.400. The minimum absolute atomic E-state index is 0.508. The Balaban J connectivity index is 1.41. The predicted molar refractivity (Wildman–Crippen MR) is 110 cm³/mol. The number of benzene rings is 1. The van der Waals surface area contributed by atoms with E-state index in [-0.39, 0.29) is 0 Å². The Kier molecular flexibility index (Phi) is 4.40. The molecule has 0 radical (unpaired) electrons. The number of pyridine rings is 1. The molecule has 3 aromatic rings. The lowest BCUT2D eigenvalue weighted by Gasteiger charge is -2.13. The number of hydrogen-bond acceptors (Lipinski definition) is 5. The Bertz CT molecular complexity index is 977. The monoisotopic (exact) mass is 400 g/mol. The van der Waals surface area contributed by atoms with Crippen LogP contribution >= 0.6 is 23.5 Å². The molecule has 0 unspecified atom stereocenters. The highest BCUT2D eigenvalue weighted by Crippen LogP contribution is 2.42. The van der Waals surface area contributed by atoms with Gasteiger partial charge in [0, 0.05) is 16.5 Å². The molecule has 0 aliphatic heterocycles. The largest absolute Gasteiger partial charge is 0.489 e. The minimum atomic E-state index is 0.508. The van der Waals surface area contributed by atoms with E-state index in [2.05, 4.69) is 31.6 Å². The summed E-state index contributed by atoms with van der Waals surface area (Å²) in [6, 6.07) is 7.90. The zero-order valence-electron chi connectivity index (χ0n) is 15.1. The van der Waals surface area contributed by atoms with Gasteiger partial charge in [-0.1, -0.05) is 11.6 Å². The number of anilines is 1. The van der Waals surface area contributed by atoms with E-state index in [4.69, 9.17) is 16.3 Å². The Hall–Kier alpha value is -1.92. The van der Waals surface area contributed by atoms with E-state index in [0.29, 0.717) is 22.8 Å². The number of rotatable bonds is 7. The zero-order chi connectivity index (χ0) is 18.4. The van der Waals surface area contributed by atoms with Crippen molar-refractivity contribution in [2.24, 2.45) is 0 Å². The molecule has 27 heavy (non-hydrogen) atoms. The maximum Gasteiger partial charge on any atom is 0.239 e. The maximum atomic E-state index is 6.15. The molecular formula is C20H21ClN4OS. The van der Waals surface area contributed by atoms with Gasteiger partial charge in [0.1, 0.15) is 12.4 Å². The second-order valence-electron chi connectivity index (χ2n) is 7.45. The molecule has 1 N–H and O–H groups in total.